The Balaban J connectivity index is 1.70. The lowest BCUT2D eigenvalue weighted by Crippen LogP contribution is -2.05. The van der Waals surface area contributed by atoms with Gasteiger partial charge in [-0.1, -0.05) is 36.4 Å². The molecule has 0 bridgehead atoms. The van der Waals surface area contributed by atoms with Crippen molar-refractivity contribution in [2.75, 3.05) is 11.6 Å². The molecule has 3 rings (SSSR count). The molecule has 0 aliphatic heterocycles. The van der Waals surface area contributed by atoms with E-state index in [4.69, 9.17) is 4.74 Å². The van der Waals surface area contributed by atoms with E-state index in [2.05, 4.69) is 5.32 Å². The normalized spacial score (nSPS) is 12.4. The summed E-state index contributed by atoms with van der Waals surface area (Å²) in [7, 11) is -0.950. The first-order valence-corrected chi connectivity index (χ1v) is 10.6. The molecule has 3 nitrogen and oxygen atoms in total. The fourth-order valence-corrected chi connectivity index (χ4v) is 3.52. The molecule has 0 radical (unpaired) electrons. The molecule has 152 valence electrons. The Morgan fingerprint density at radius 3 is 2.34 bits per heavy atom. The van der Waals surface area contributed by atoms with Crippen LogP contribution < -0.4 is 10.1 Å². The highest BCUT2D eigenvalue weighted by Gasteiger charge is 2.30. The summed E-state index contributed by atoms with van der Waals surface area (Å²) in [5.74, 6) is 1.04. The zero-order valence-corrected chi connectivity index (χ0v) is 16.5. The van der Waals surface area contributed by atoms with Gasteiger partial charge in [-0.25, -0.2) is 0 Å². The number of para-hydroxylation sites is 1. The quantitative estimate of drug-likeness (QED) is 0.511. The van der Waals surface area contributed by atoms with Gasteiger partial charge in [0.15, 0.2) is 0 Å². The van der Waals surface area contributed by atoms with E-state index in [9.17, 15) is 17.4 Å². The maximum Gasteiger partial charge on any atom is 0.416 e. The average molecular weight is 419 g/mol. The van der Waals surface area contributed by atoms with Crippen LogP contribution in [0.15, 0.2) is 72.8 Å². The molecule has 0 saturated carbocycles. The fraction of sp³-hybridized carbons (Fsp3) is 0.182. The third-order valence-electron chi connectivity index (χ3n) is 4.15. The van der Waals surface area contributed by atoms with Crippen LogP contribution in [0.4, 0.5) is 18.9 Å². The molecular formula is C22H20F3NO2S. The van der Waals surface area contributed by atoms with E-state index in [1.54, 1.807) is 24.5 Å². The second-order valence-electron chi connectivity index (χ2n) is 6.50. The number of alkyl halides is 3. The van der Waals surface area contributed by atoms with Crippen molar-refractivity contribution in [3.05, 3.63) is 89.5 Å². The first kappa shape index (κ1) is 20.9. The molecule has 3 aromatic rings. The van der Waals surface area contributed by atoms with Crippen LogP contribution in [0.5, 0.6) is 11.5 Å². The number of hydrogen-bond donors (Lipinski definition) is 1. The van der Waals surface area contributed by atoms with E-state index in [0.29, 0.717) is 18.0 Å². The van der Waals surface area contributed by atoms with Crippen LogP contribution in [0, 0.1) is 0 Å². The van der Waals surface area contributed by atoms with Crippen LogP contribution in [0.2, 0.25) is 0 Å². The molecule has 3 aromatic carbocycles. The van der Waals surface area contributed by atoms with E-state index in [1.807, 2.05) is 30.3 Å². The molecule has 1 unspecified atom stereocenters. The Morgan fingerprint density at radius 1 is 0.931 bits per heavy atom. The Labute approximate surface area is 170 Å². The van der Waals surface area contributed by atoms with Gasteiger partial charge >= 0.3 is 6.18 Å². The predicted molar refractivity (Wildman–Crippen MR) is 109 cm³/mol. The smallest absolute Gasteiger partial charge is 0.416 e. The second-order valence-corrected chi connectivity index (χ2v) is 7.94. The lowest BCUT2D eigenvalue weighted by atomic mass is 10.1. The Kier molecular flexibility index (Phi) is 6.59. The van der Waals surface area contributed by atoms with Crippen LogP contribution in [-0.2, 0) is 29.3 Å². The van der Waals surface area contributed by atoms with E-state index in [0.717, 1.165) is 28.9 Å². The van der Waals surface area contributed by atoms with Crippen LogP contribution in [0.25, 0.3) is 0 Å². The zero-order valence-electron chi connectivity index (χ0n) is 15.7. The van der Waals surface area contributed by atoms with Crippen molar-refractivity contribution in [2.24, 2.45) is 0 Å². The van der Waals surface area contributed by atoms with Crippen molar-refractivity contribution in [2.45, 2.75) is 18.5 Å². The van der Waals surface area contributed by atoms with Crippen molar-refractivity contribution >= 4 is 16.5 Å². The van der Waals surface area contributed by atoms with E-state index in [1.165, 1.54) is 12.1 Å². The van der Waals surface area contributed by atoms with Gasteiger partial charge in [0.25, 0.3) is 0 Å². The van der Waals surface area contributed by atoms with Crippen LogP contribution >= 0.6 is 0 Å². The highest BCUT2D eigenvalue weighted by atomic mass is 32.2. The first-order chi connectivity index (χ1) is 13.8. The van der Waals surface area contributed by atoms with Gasteiger partial charge in [0, 0.05) is 29.3 Å². The van der Waals surface area contributed by atoms with Crippen molar-refractivity contribution in [3.8, 4) is 11.5 Å². The summed E-state index contributed by atoms with van der Waals surface area (Å²) in [6.45, 7) is 0.493. The van der Waals surface area contributed by atoms with Gasteiger partial charge < -0.3 is 10.1 Å². The summed E-state index contributed by atoms with van der Waals surface area (Å²) < 4.78 is 55.7. The lowest BCUT2D eigenvalue weighted by Gasteiger charge is -2.13. The van der Waals surface area contributed by atoms with Crippen molar-refractivity contribution in [1.29, 1.82) is 0 Å². The number of halogens is 3. The van der Waals surface area contributed by atoms with E-state index >= 15 is 0 Å². The topological polar surface area (TPSA) is 38.3 Å². The summed E-state index contributed by atoms with van der Waals surface area (Å²) in [5.41, 5.74) is 2.01. The van der Waals surface area contributed by atoms with Crippen LogP contribution in [0.3, 0.4) is 0 Å². The van der Waals surface area contributed by atoms with Gasteiger partial charge in [-0.3, -0.25) is 4.21 Å². The minimum absolute atomic E-state index is 0.126. The molecule has 1 atom stereocenters. The van der Waals surface area contributed by atoms with E-state index in [-0.39, 0.29) is 5.75 Å². The summed E-state index contributed by atoms with van der Waals surface area (Å²) in [5, 5.41) is 3.32. The molecule has 0 amide bonds. The van der Waals surface area contributed by atoms with Gasteiger partial charge in [0.05, 0.1) is 11.3 Å². The molecular weight excluding hydrogens is 399 g/mol. The predicted octanol–water partition coefficient (Wildman–Crippen LogP) is 5.99. The van der Waals surface area contributed by atoms with Gasteiger partial charge in [-0.05, 0) is 47.5 Å². The van der Waals surface area contributed by atoms with Crippen LogP contribution in [0.1, 0.15) is 16.7 Å². The van der Waals surface area contributed by atoms with Gasteiger partial charge in [-0.15, -0.1) is 0 Å². The van der Waals surface area contributed by atoms with Crippen molar-refractivity contribution in [1.82, 2.24) is 0 Å². The summed E-state index contributed by atoms with van der Waals surface area (Å²) in [6, 6.07) is 19.6. The Morgan fingerprint density at radius 2 is 1.62 bits per heavy atom. The molecule has 0 heterocycles. The maximum absolute atomic E-state index is 12.9. The summed E-state index contributed by atoms with van der Waals surface area (Å²) in [4.78, 5) is 0. The number of hydrogen-bond acceptors (Lipinski definition) is 3. The summed E-state index contributed by atoms with van der Waals surface area (Å²) >= 11 is 0. The standard InChI is InChI=1S/C22H20F3NO2S/c1-29(27)15-17-7-2-3-11-21(17)26-14-16-6-4-9-19(12-16)28-20-10-5-8-18(13-20)22(23,24)25/h2-13,26H,14-15H2,1H3. The molecule has 0 aliphatic rings. The Hall–Kier alpha value is -2.80. The summed E-state index contributed by atoms with van der Waals surface area (Å²) in [6.07, 6.45) is -2.76. The molecule has 1 N–H and O–H groups in total. The van der Waals surface area contributed by atoms with Crippen molar-refractivity contribution < 1.29 is 22.1 Å². The number of anilines is 1. The molecule has 0 spiro atoms. The SMILES string of the molecule is CS(=O)Cc1ccccc1NCc1cccc(Oc2cccc(C(F)(F)F)c2)c1. The van der Waals surface area contributed by atoms with Crippen LogP contribution in [-0.4, -0.2) is 10.5 Å². The maximum atomic E-state index is 12.9. The highest BCUT2D eigenvalue weighted by molar-refractivity contribution is 7.83. The lowest BCUT2D eigenvalue weighted by molar-refractivity contribution is -0.137. The molecule has 0 aromatic heterocycles. The van der Waals surface area contributed by atoms with Crippen molar-refractivity contribution in [3.63, 3.8) is 0 Å². The van der Waals surface area contributed by atoms with E-state index < -0.39 is 22.5 Å². The molecule has 29 heavy (non-hydrogen) atoms. The van der Waals surface area contributed by atoms with Gasteiger partial charge in [0.1, 0.15) is 11.5 Å². The second kappa shape index (κ2) is 9.13. The van der Waals surface area contributed by atoms with Gasteiger partial charge in [-0.2, -0.15) is 13.2 Å². The minimum Gasteiger partial charge on any atom is -0.457 e. The first-order valence-electron chi connectivity index (χ1n) is 8.87. The number of ether oxygens (including phenoxy) is 1. The number of rotatable bonds is 7. The third-order valence-corrected chi connectivity index (χ3v) is 4.87. The number of nitrogens with one attached hydrogen (secondary N) is 1. The number of benzene rings is 3. The zero-order chi connectivity index (χ0) is 20.9. The minimum atomic E-state index is -4.42. The largest absolute Gasteiger partial charge is 0.457 e. The highest BCUT2D eigenvalue weighted by Crippen LogP contribution is 2.32. The molecule has 0 saturated heterocycles. The molecule has 0 fully saturated rings. The molecule has 7 heteroatoms. The Bertz CT molecular complexity index is 1010. The molecule has 0 aliphatic carbocycles. The average Bonchev–Trinajstić information content (AvgIpc) is 2.67. The van der Waals surface area contributed by atoms with Gasteiger partial charge in [0.2, 0.25) is 0 Å². The fourth-order valence-electron chi connectivity index (χ4n) is 2.83. The third kappa shape index (κ3) is 6.09. The monoisotopic (exact) mass is 419 g/mol.